The number of carbonyl (C=O) groups excluding carboxylic acids is 1. The van der Waals surface area contributed by atoms with Crippen molar-refractivity contribution in [2.75, 3.05) is 0 Å². The fourth-order valence-corrected chi connectivity index (χ4v) is 1.30. The Morgan fingerprint density at radius 1 is 1.50 bits per heavy atom. The highest BCUT2D eigenvalue weighted by atomic mass is 16.1. The van der Waals surface area contributed by atoms with Crippen LogP contribution in [0.25, 0.3) is 0 Å². The molecule has 0 saturated carbocycles. The fourth-order valence-electron chi connectivity index (χ4n) is 1.30. The lowest BCUT2D eigenvalue weighted by atomic mass is 9.79. The van der Waals surface area contributed by atoms with Crippen LogP contribution < -0.4 is 5.73 Å². The summed E-state index contributed by atoms with van der Waals surface area (Å²) in [4.78, 5) is 11.3. The number of nitrogens with zero attached hydrogens (tertiary/aromatic N) is 1. The third kappa shape index (κ3) is 1.74. The quantitative estimate of drug-likeness (QED) is 0.777. The molecule has 0 unspecified atom stereocenters. The zero-order valence-corrected chi connectivity index (χ0v) is 8.03. The monoisotopic (exact) mass is 188 g/mol. The second kappa shape index (κ2) is 3.93. The molecule has 0 aliphatic carbocycles. The van der Waals surface area contributed by atoms with Crippen molar-refractivity contribution in [1.82, 2.24) is 0 Å². The smallest absolute Gasteiger partial charge is 0.228 e. The Bertz CT molecular complexity index is 367. The zero-order chi connectivity index (χ0) is 10.6. The van der Waals surface area contributed by atoms with Gasteiger partial charge in [0.25, 0.3) is 0 Å². The first-order valence-corrected chi connectivity index (χ1v) is 4.33. The van der Waals surface area contributed by atoms with Gasteiger partial charge < -0.3 is 5.73 Å². The van der Waals surface area contributed by atoms with E-state index in [0.29, 0.717) is 0 Å². The van der Waals surface area contributed by atoms with Crippen LogP contribution in [0.2, 0.25) is 0 Å². The van der Waals surface area contributed by atoms with Gasteiger partial charge in [-0.15, -0.1) is 0 Å². The van der Waals surface area contributed by atoms with E-state index in [-0.39, 0.29) is 6.42 Å². The van der Waals surface area contributed by atoms with E-state index in [4.69, 9.17) is 11.0 Å². The highest BCUT2D eigenvalue weighted by molar-refractivity contribution is 5.86. The Labute approximate surface area is 83.2 Å². The predicted octanol–water partition coefficient (Wildman–Crippen LogP) is 1.34. The van der Waals surface area contributed by atoms with E-state index in [9.17, 15) is 4.79 Å². The summed E-state index contributed by atoms with van der Waals surface area (Å²) in [5.74, 6) is -0.467. The van der Waals surface area contributed by atoms with E-state index in [1.165, 1.54) is 0 Å². The summed E-state index contributed by atoms with van der Waals surface area (Å²) in [5.41, 5.74) is 5.21. The van der Waals surface area contributed by atoms with Gasteiger partial charge in [0.2, 0.25) is 5.91 Å². The lowest BCUT2D eigenvalue weighted by molar-refractivity contribution is -0.122. The van der Waals surface area contributed by atoms with Crippen LogP contribution in [0.15, 0.2) is 30.3 Å². The van der Waals surface area contributed by atoms with Crippen LogP contribution in [0.5, 0.6) is 0 Å². The maximum atomic E-state index is 11.3. The second-order valence-electron chi connectivity index (χ2n) is 3.40. The van der Waals surface area contributed by atoms with Gasteiger partial charge in [0.1, 0.15) is 0 Å². The topological polar surface area (TPSA) is 66.9 Å². The molecule has 1 rings (SSSR count). The first-order valence-electron chi connectivity index (χ1n) is 4.33. The van der Waals surface area contributed by atoms with Crippen LogP contribution >= 0.6 is 0 Å². The van der Waals surface area contributed by atoms with Crippen LogP contribution in [0.3, 0.4) is 0 Å². The summed E-state index contributed by atoms with van der Waals surface area (Å²) in [7, 11) is 0. The van der Waals surface area contributed by atoms with Crippen molar-refractivity contribution in [2.24, 2.45) is 5.73 Å². The zero-order valence-electron chi connectivity index (χ0n) is 8.03. The highest BCUT2D eigenvalue weighted by Crippen LogP contribution is 2.26. The van der Waals surface area contributed by atoms with E-state index in [2.05, 4.69) is 0 Å². The number of hydrogen-bond acceptors (Lipinski definition) is 2. The molecule has 0 spiro atoms. The summed E-state index contributed by atoms with van der Waals surface area (Å²) >= 11 is 0. The molecule has 1 aromatic rings. The van der Waals surface area contributed by atoms with Gasteiger partial charge in [0.15, 0.2) is 0 Å². The molecule has 14 heavy (non-hydrogen) atoms. The molecule has 3 nitrogen and oxygen atoms in total. The second-order valence-corrected chi connectivity index (χ2v) is 3.40. The van der Waals surface area contributed by atoms with Crippen LogP contribution in [-0.2, 0) is 10.2 Å². The highest BCUT2D eigenvalue weighted by Gasteiger charge is 2.32. The van der Waals surface area contributed by atoms with Crippen LogP contribution in [0.4, 0.5) is 0 Å². The summed E-state index contributed by atoms with van der Waals surface area (Å²) < 4.78 is 0. The molecule has 0 radical (unpaired) electrons. The number of rotatable bonds is 3. The molecule has 72 valence electrons. The van der Waals surface area contributed by atoms with Crippen molar-refractivity contribution < 1.29 is 4.79 Å². The van der Waals surface area contributed by atoms with Gasteiger partial charge in [-0.05, 0) is 12.5 Å². The summed E-state index contributed by atoms with van der Waals surface area (Å²) in [6.07, 6.45) is 0.104. The van der Waals surface area contributed by atoms with Gasteiger partial charge in [-0.2, -0.15) is 5.26 Å². The standard InChI is InChI=1S/C11H12N2O/c1-11(7-8-12,10(13)14)9-5-3-2-4-6-9/h2-6H,7H2,1H3,(H2,13,14)/t11-/m0/s1. The fraction of sp³-hybridized carbons (Fsp3) is 0.273. The molecule has 1 atom stereocenters. The van der Waals surface area contributed by atoms with Gasteiger partial charge in [-0.1, -0.05) is 30.3 Å². The van der Waals surface area contributed by atoms with Crippen LogP contribution in [-0.4, -0.2) is 5.91 Å². The lowest BCUT2D eigenvalue weighted by Crippen LogP contribution is -2.38. The molecular weight excluding hydrogens is 176 g/mol. The SMILES string of the molecule is C[C@@](CC#N)(C(N)=O)c1ccccc1. The Morgan fingerprint density at radius 2 is 2.07 bits per heavy atom. The van der Waals surface area contributed by atoms with Gasteiger partial charge in [-0.3, -0.25) is 4.79 Å². The molecule has 3 heteroatoms. The van der Waals surface area contributed by atoms with Crippen molar-refractivity contribution in [3.05, 3.63) is 35.9 Å². The first-order chi connectivity index (χ1) is 6.61. The number of carbonyl (C=O) groups is 1. The van der Waals surface area contributed by atoms with Crippen molar-refractivity contribution in [2.45, 2.75) is 18.8 Å². The van der Waals surface area contributed by atoms with E-state index in [1.54, 1.807) is 6.92 Å². The molecule has 0 fully saturated rings. The third-order valence-electron chi connectivity index (χ3n) is 2.39. The average molecular weight is 188 g/mol. The minimum atomic E-state index is -0.879. The number of amides is 1. The molecule has 0 aliphatic rings. The Balaban J connectivity index is 3.14. The Kier molecular flexibility index (Phi) is 2.88. The predicted molar refractivity (Wildman–Crippen MR) is 53.2 cm³/mol. The minimum Gasteiger partial charge on any atom is -0.369 e. The van der Waals surface area contributed by atoms with Gasteiger partial charge in [0.05, 0.1) is 17.9 Å². The Morgan fingerprint density at radius 3 is 2.50 bits per heavy atom. The van der Waals surface area contributed by atoms with E-state index in [1.807, 2.05) is 36.4 Å². The van der Waals surface area contributed by atoms with Gasteiger partial charge in [-0.25, -0.2) is 0 Å². The third-order valence-corrected chi connectivity index (χ3v) is 2.39. The lowest BCUT2D eigenvalue weighted by Gasteiger charge is -2.23. The Hall–Kier alpha value is -1.82. The molecule has 1 amide bonds. The summed E-state index contributed by atoms with van der Waals surface area (Å²) in [6, 6.07) is 11.1. The summed E-state index contributed by atoms with van der Waals surface area (Å²) in [5, 5.41) is 8.65. The van der Waals surface area contributed by atoms with Crippen LogP contribution in [0, 0.1) is 11.3 Å². The van der Waals surface area contributed by atoms with Gasteiger partial charge in [0, 0.05) is 0 Å². The molecule has 0 aromatic heterocycles. The van der Waals surface area contributed by atoms with E-state index >= 15 is 0 Å². The number of benzene rings is 1. The summed E-state index contributed by atoms with van der Waals surface area (Å²) in [6.45, 7) is 1.69. The van der Waals surface area contributed by atoms with E-state index < -0.39 is 11.3 Å². The maximum Gasteiger partial charge on any atom is 0.228 e. The number of nitrogens with two attached hydrogens (primary N) is 1. The molecular formula is C11H12N2O. The van der Waals surface area contributed by atoms with Crippen LogP contribution in [0.1, 0.15) is 18.9 Å². The van der Waals surface area contributed by atoms with Crippen molar-refractivity contribution >= 4 is 5.91 Å². The minimum absolute atomic E-state index is 0.104. The molecule has 0 heterocycles. The normalized spacial score (nSPS) is 14.0. The van der Waals surface area contributed by atoms with E-state index in [0.717, 1.165) is 5.56 Å². The largest absolute Gasteiger partial charge is 0.369 e. The number of nitriles is 1. The molecule has 0 aliphatic heterocycles. The van der Waals surface area contributed by atoms with Crippen molar-refractivity contribution in [3.8, 4) is 6.07 Å². The average Bonchev–Trinajstić information content (AvgIpc) is 2.19. The number of primary amides is 1. The molecule has 2 N–H and O–H groups in total. The molecule has 0 bridgehead atoms. The molecule has 0 saturated heterocycles. The van der Waals surface area contributed by atoms with Crippen molar-refractivity contribution in [3.63, 3.8) is 0 Å². The maximum absolute atomic E-state index is 11.3. The first kappa shape index (κ1) is 10.3. The van der Waals surface area contributed by atoms with Crippen molar-refractivity contribution in [1.29, 1.82) is 5.26 Å². The van der Waals surface area contributed by atoms with Gasteiger partial charge >= 0.3 is 0 Å². The molecule has 1 aromatic carbocycles. The number of hydrogen-bond donors (Lipinski definition) is 1.